The average Bonchev–Trinajstić information content (AvgIpc) is 2.99. The second kappa shape index (κ2) is 8.50. The number of anilines is 1. The van der Waals surface area contributed by atoms with Crippen molar-refractivity contribution >= 4 is 45.2 Å². The van der Waals surface area contributed by atoms with E-state index >= 15 is 0 Å². The number of ether oxygens (including phenoxy) is 1. The number of carbonyl (C=O) groups excluding carboxylic acids is 2. The van der Waals surface area contributed by atoms with Gasteiger partial charge >= 0.3 is 0 Å². The normalized spacial score (nSPS) is 18.0. The zero-order valence-electron chi connectivity index (χ0n) is 14.9. The number of primary amides is 1. The molecule has 0 spiro atoms. The van der Waals surface area contributed by atoms with Crippen molar-refractivity contribution in [3.63, 3.8) is 0 Å². The molecule has 1 saturated heterocycles. The van der Waals surface area contributed by atoms with Crippen molar-refractivity contribution in [1.29, 1.82) is 5.26 Å². The first-order chi connectivity index (χ1) is 13.4. The number of methoxy groups -OCH3 is 1. The van der Waals surface area contributed by atoms with Gasteiger partial charge in [0.2, 0.25) is 5.91 Å². The van der Waals surface area contributed by atoms with Crippen LogP contribution in [0.5, 0.6) is 5.75 Å². The van der Waals surface area contributed by atoms with E-state index in [9.17, 15) is 14.9 Å². The van der Waals surface area contributed by atoms with E-state index in [0.29, 0.717) is 12.1 Å². The molecule has 2 aromatic carbocycles. The van der Waals surface area contributed by atoms with Crippen LogP contribution in [-0.2, 0) is 16.0 Å². The molecule has 1 unspecified atom stereocenters. The molecule has 0 bridgehead atoms. The number of nitrogens with zero attached hydrogens (tertiary/aromatic N) is 2. The molecule has 8 heteroatoms. The van der Waals surface area contributed by atoms with Crippen molar-refractivity contribution < 1.29 is 14.3 Å². The first-order valence-corrected chi connectivity index (χ1v) is 9.95. The van der Waals surface area contributed by atoms with E-state index in [-0.39, 0.29) is 16.5 Å². The number of nitriles is 1. The zero-order chi connectivity index (χ0) is 20.3. The van der Waals surface area contributed by atoms with Crippen molar-refractivity contribution in [2.24, 2.45) is 5.73 Å². The van der Waals surface area contributed by atoms with Gasteiger partial charge in [-0.3, -0.25) is 14.5 Å². The van der Waals surface area contributed by atoms with E-state index in [2.05, 4.69) is 15.9 Å². The molecule has 1 heterocycles. The molecule has 0 aliphatic carbocycles. The van der Waals surface area contributed by atoms with Crippen LogP contribution >= 0.6 is 27.7 Å². The summed E-state index contributed by atoms with van der Waals surface area (Å²) in [4.78, 5) is 26.3. The van der Waals surface area contributed by atoms with E-state index in [4.69, 9.17) is 10.5 Å². The summed E-state index contributed by atoms with van der Waals surface area (Å²) in [5.41, 5.74) is 6.67. The molecule has 1 atom stereocenters. The Labute approximate surface area is 175 Å². The molecular formula is C20H16BrN3O3S. The van der Waals surface area contributed by atoms with E-state index in [1.807, 2.05) is 30.3 Å². The molecule has 0 saturated carbocycles. The first kappa shape index (κ1) is 20.0. The molecule has 2 aromatic rings. The molecule has 2 N–H and O–H groups in total. The largest absolute Gasteiger partial charge is 0.497 e. The Morgan fingerprint density at radius 1 is 1.25 bits per heavy atom. The minimum Gasteiger partial charge on any atom is -0.497 e. The van der Waals surface area contributed by atoms with Crippen LogP contribution in [0, 0.1) is 11.3 Å². The maximum atomic E-state index is 13.1. The third-order valence-electron chi connectivity index (χ3n) is 4.19. The van der Waals surface area contributed by atoms with Crippen LogP contribution in [0.3, 0.4) is 0 Å². The van der Waals surface area contributed by atoms with Crippen LogP contribution in [0.4, 0.5) is 5.69 Å². The number of nitrogens with two attached hydrogens (primary N) is 1. The fourth-order valence-corrected chi connectivity index (χ4v) is 4.38. The molecule has 1 aliphatic rings. The van der Waals surface area contributed by atoms with Crippen molar-refractivity contribution in [1.82, 2.24) is 0 Å². The highest BCUT2D eigenvalue weighted by Gasteiger charge is 2.40. The van der Waals surface area contributed by atoms with Crippen LogP contribution < -0.4 is 15.4 Å². The minimum atomic E-state index is -0.856. The van der Waals surface area contributed by atoms with Gasteiger partial charge < -0.3 is 10.5 Å². The molecule has 3 rings (SSSR count). The van der Waals surface area contributed by atoms with Crippen molar-refractivity contribution in [3.05, 3.63) is 69.2 Å². The molecule has 1 fully saturated rings. The summed E-state index contributed by atoms with van der Waals surface area (Å²) >= 11 is 4.54. The second-order valence-corrected chi connectivity index (χ2v) is 8.07. The maximum absolute atomic E-state index is 13.1. The lowest BCUT2D eigenvalue weighted by molar-refractivity contribution is -0.117. The number of amides is 2. The predicted molar refractivity (Wildman–Crippen MR) is 112 cm³/mol. The Morgan fingerprint density at radius 2 is 1.89 bits per heavy atom. The third-order valence-corrected chi connectivity index (χ3v) is 5.98. The van der Waals surface area contributed by atoms with Gasteiger partial charge in [0.1, 0.15) is 22.4 Å². The van der Waals surface area contributed by atoms with Gasteiger partial charge in [0, 0.05) is 10.2 Å². The summed E-state index contributed by atoms with van der Waals surface area (Å²) in [5, 5.41) is 9.19. The Morgan fingerprint density at radius 3 is 2.43 bits per heavy atom. The zero-order valence-corrected chi connectivity index (χ0v) is 17.3. The van der Waals surface area contributed by atoms with Crippen molar-refractivity contribution in [2.45, 2.75) is 11.7 Å². The lowest BCUT2D eigenvalue weighted by atomic mass is 10.1. The van der Waals surface area contributed by atoms with E-state index in [1.165, 1.54) is 16.7 Å². The van der Waals surface area contributed by atoms with E-state index in [0.717, 1.165) is 15.8 Å². The Kier molecular flexibility index (Phi) is 6.07. The topological polar surface area (TPSA) is 96.4 Å². The van der Waals surface area contributed by atoms with Gasteiger partial charge in [-0.05, 0) is 48.4 Å². The number of halogens is 1. The summed E-state index contributed by atoms with van der Waals surface area (Å²) in [5.74, 6) is -0.330. The van der Waals surface area contributed by atoms with Gasteiger partial charge in [0.15, 0.2) is 0 Å². The van der Waals surface area contributed by atoms with Gasteiger partial charge in [-0.1, -0.05) is 39.8 Å². The van der Waals surface area contributed by atoms with Crippen molar-refractivity contribution in [2.75, 3.05) is 12.0 Å². The maximum Gasteiger partial charge on any atom is 0.262 e. The summed E-state index contributed by atoms with van der Waals surface area (Å²) in [6.07, 6.45) is 0.446. The number of carbonyl (C=O) groups is 2. The number of hydrogen-bond acceptors (Lipinski definition) is 5. The predicted octanol–water partition coefficient (Wildman–Crippen LogP) is 3.37. The molecule has 0 radical (unpaired) electrons. The molecular weight excluding hydrogens is 442 g/mol. The number of thioether (sulfide) groups is 1. The van der Waals surface area contributed by atoms with Crippen LogP contribution in [0.15, 0.2) is 63.6 Å². The first-order valence-electron chi connectivity index (χ1n) is 8.28. The quantitative estimate of drug-likeness (QED) is 0.548. The van der Waals surface area contributed by atoms with Gasteiger partial charge in [0.25, 0.3) is 5.91 Å². The highest BCUT2D eigenvalue weighted by Crippen LogP contribution is 2.42. The van der Waals surface area contributed by atoms with Gasteiger partial charge in [-0.15, -0.1) is 0 Å². The lowest BCUT2D eigenvalue weighted by Gasteiger charge is -2.18. The standard InChI is InChI=1S/C20H16BrN3O3S/c1-27-15-8-2-12(3-9-15)10-17-19(26)24(14-6-4-13(21)5-7-14)20(28-17)16(11-22)18(23)25/h2-9,17H,10H2,1H3,(H2,23,25)/b20-16+. The second-order valence-electron chi connectivity index (χ2n) is 5.96. The fourth-order valence-electron chi connectivity index (χ4n) is 2.80. The molecule has 6 nitrogen and oxygen atoms in total. The number of hydrogen-bond donors (Lipinski definition) is 1. The van der Waals surface area contributed by atoms with Crippen LogP contribution in [0.25, 0.3) is 0 Å². The third kappa shape index (κ3) is 4.06. The highest BCUT2D eigenvalue weighted by molar-refractivity contribution is 9.10. The van der Waals surface area contributed by atoms with Crippen LogP contribution in [0.1, 0.15) is 5.56 Å². The Hall–Kier alpha value is -2.76. The van der Waals surface area contributed by atoms with E-state index in [1.54, 1.807) is 31.4 Å². The molecule has 28 heavy (non-hydrogen) atoms. The minimum absolute atomic E-state index is 0.202. The smallest absolute Gasteiger partial charge is 0.262 e. The fraction of sp³-hybridized carbons (Fsp3) is 0.150. The molecule has 0 aromatic heterocycles. The number of rotatable bonds is 5. The SMILES string of the molecule is COc1ccc(CC2S/C(=C(\C#N)C(N)=O)N(c3ccc(Br)cc3)C2=O)cc1. The Balaban J connectivity index is 1.98. The lowest BCUT2D eigenvalue weighted by Crippen LogP contribution is -2.31. The molecule has 1 aliphatic heterocycles. The number of benzene rings is 2. The van der Waals surface area contributed by atoms with Gasteiger partial charge in [-0.25, -0.2) is 0 Å². The molecule has 2 amide bonds. The van der Waals surface area contributed by atoms with Crippen molar-refractivity contribution in [3.8, 4) is 11.8 Å². The molecule has 142 valence electrons. The van der Waals surface area contributed by atoms with Crippen LogP contribution in [-0.4, -0.2) is 24.2 Å². The monoisotopic (exact) mass is 457 g/mol. The highest BCUT2D eigenvalue weighted by atomic mass is 79.9. The summed E-state index contributed by atoms with van der Waals surface area (Å²) in [6, 6.07) is 16.3. The summed E-state index contributed by atoms with van der Waals surface area (Å²) in [7, 11) is 1.59. The van der Waals surface area contributed by atoms with Gasteiger partial charge in [-0.2, -0.15) is 5.26 Å². The Bertz CT molecular complexity index is 981. The average molecular weight is 458 g/mol. The summed E-state index contributed by atoms with van der Waals surface area (Å²) in [6.45, 7) is 0. The van der Waals surface area contributed by atoms with E-state index < -0.39 is 11.2 Å². The summed E-state index contributed by atoms with van der Waals surface area (Å²) < 4.78 is 6.01. The van der Waals surface area contributed by atoms with Crippen LogP contribution in [0.2, 0.25) is 0 Å². The van der Waals surface area contributed by atoms with Gasteiger partial charge in [0.05, 0.1) is 12.4 Å².